The fraction of sp³-hybridized carbons (Fsp3) is 0.0526. The van der Waals surface area contributed by atoms with Gasteiger partial charge in [0.05, 0.1) is 16.7 Å². The maximum atomic E-state index is 9.96. The first-order valence-electron chi connectivity index (χ1n) is 6.91. The Bertz CT molecular complexity index is 647. The van der Waals surface area contributed by atoms with Crippen molar-refractivity contribution in [2.45, 2.75) is 5.54 Å². The number of benzene rings is 3. The SMILES string of the molecule is N#[N+]C(c1ccccc1)(c1ccccc1)c1ccccc1. The van der Waals surface area contributed by atoms with Crippen molar-refractivity contribution in [3.63, 3.8) is 0 Å². The molecule has 0 amide bonds. The Morgan fingerprint density at radius 3 is 1.05 bits per heavy atom. The Morgan fingerprint density at radius 2 is 0.810 bits per heavy atom. The minimum Gasteiger partial charge on any atom is -0.0622 e. The van der Waals surface area contributed by atoms with Crippen molar-refractivity contribution >= 4 is 0 Å². The van der Waals surface area contributed by atoms with Crippen LogP contribution in [0.2, 0.25) is 0 Å². The highest BCUT2D eigenvalue weighted by Crippen LogP contribution is 2.40. The van der Waals surface area contributed by atoms with Crippen LogP contribution in [-0.2, 0) is 5.54 Å². The predicted octanol–water partition coefficient (Wildman–Crippen LogP) is 4.83. The van der Waals surface area contributed by atoms with Gasteiger partial charge in [-0.1, -0.05) is 54.6 Å². The third kappa shape index (κ3) is 2.19. The molecule has 0 fully saturated rings. The molecule has 0 saturated heterocycles. The highest BCUT2D eigenvalue weighted by atomic mass is 15.0. The van der Waals surface area contributed by atoms with E-state index in [4.69, 9.17) is 0 Å². The molecule has 0 N–H and O–H groups in total. The van der Waals surface area contributed by atoms with Gasteiger partial charge in [0.2, 0.25) is 5.39 Å². The van der Waals surface area contributed by atoms with Crippen LogP contribution in [0.25, 0.3) is 4.98 Å². The largest absolute Gasteiger partial charge is 0.397 e. The van der Waals surface area contributed by atoms with Gasteiger partial charge >= 0.3 is 5.54 Å². The van der Waals surface area contributed by atoms with Gasteiger partial charge in [0.1, 0.15) is 4.98 Å². The van der Waals surface area contributed by atoms with Crippen LogP contribution in [0, 0.1) is 5.39 Å². The third-order valence-corrected chi connectivity index (χ3v) is 3.72. The van der Waals surface area contributed by atoms with Crippen LogP contribution in [0.4, 0.5) is 0 Å². The van der Waals surface area contributed by atoms with Gasteiger partial charge in [0, 0.05) is 0 Å². The normalized spacial score (nSPS) is 10.8. The van der Waals surface area contributed by atoms with E-state index in [0.29, 0.717) is 0 Å². The Kier molecular flexibility index (Phi) is 3.49. The summed E-state index contributed by atoms with van der Waals surface area (Å²) in [6, 6.07) is 29.6. The van der Waals surface area contributed by atoms with Crippen molar-refractivity contribution in [3.05, 3.63) is 113 Å². The van der Waals surface area contributed by atoms with Gasteiger partial charge < -0.3 is 0 Å². The molecule has 0 unspecified atom stereocenters. The number of nitrogens with zero attached hydrogens (tertiary/aromatic N) is 2. The number of hydrogen-bond acceptors (Lipinski definition) is 1. The van der Waals surface area contributed by atoms with Gasteiger partial charge in [-0.25, -0.2) is 0 Å². The number of hydrogen-bond donors (Lipinski definition) is 0. The maximum absolute atomic E-state index is 9.96. The molecular weight excluding hydrogens is 256 g/mol. The van der Waals surface area contributed by atoms with Gasteiger partial charge in [-0.15, -0.1) is 0 Å². The summed E-state index contributed by atoms with van der Waals surface area (Å²) in [6.07, 6.45) is 0. The Morgan fingerprint density at radius 1 is 0.524 bits per heavy atom. The van der Waals surface area contributed by atoms with E-state index in [1.54, 1.807) is 0 Å². The van der Waals surface area contributed by atoms with Crippen LogP contribution in [0.5, 0.6) is 0 Å². The zero-order chi connectivity index (χ0) is 14.5. The summed E-state index contributed by atoms with van der Waals surface area (Å²) in [5, 5.41) is 9.96. The monoisotopic (exact) mass is 271 g/mol. The lowest BCUT2D eigenvalue weighted by Crippen LogP contribution is -2.25. The molecule has 0 aliphatic rings. The van der Waals surface area contributed by atoms with Gasteiger partial charge in [0.25, 0.3) is 0 Å². The zero-order valence-electron chi connectivity index (χ0n) is 11.6. The summed E-state index contributed by atoms with van der Waals surface area (Å²) < 4.78 is 0. The van der Waals surface area contributed by atoms with Crippen molar-refractivity contribution in [1.82, 2.24) is 0 Å². The molecule has 0 spiro atoms. The molecule has 0 aromatic heterocycles. The van der Waals surface area contributed by atoms with E-state index in [-0.39, 0.29) is 0 Å². The second-order valence-electron chi connectivity index (χ2n) is 4.91. The van der Waals surface area contributed by atoms with Gasteiger partial charge in [-0.3, -0.25) is 0 Å². The summed E-state index contributed by atoms with van der Waals surface area (Å²) in [5.74, 6) is 0. The molecule has 2 heteroatoms. The predicted molar refractivity (Wildman–Crippen MR) is 84.3 cm³/mol. The quantitative estimate of drug-likeness (QED) is 0.495. The van der Waals surface area contributed by atoms with Crippen LogP contribution in [0.15, 0.2) is 91.0 Å². The number of diazo groups is 1. The van der Waals surface area contributed by atoms with Crippen LogP contribution in [-0.4, -0.2) is 0 Å². The standard InChI is InChI=1S/C19H15N2/c20-21-19(16-10-4-1-5-11-16,17-12-6-2-7-13-17)18-14-8-3-9-15-18/h1-15H/q+1. The average Bonchev–Trinajstić information content (AvgIpc) is 2.59. The highest BCUT2D eigenvalue weighted by Gasteiger charge is 2.50. The molecule has 0 atom stereocenters. The molecule has 0 aliphatic carbocycles. The lowest BCUT2D eigenvalue weighted by atomic mass is 9.78. The first-order chi connectivity index (χ1) is 10.4. The lowest BCUT2D eigenvalue weighted by Gasteiger charge is -2.17. The van der Waals surface area contributed by atoms with E-state index < -0.39 is 5.54 Å². The van der Waals surface area contributed by atoms with Crippen molar-refractivity contribution < 1.29 is 0 Å². The van der Waals surface area contributed by atoms with Crippen LogP contribution >= 0.6 is 0 Å². The van der Waals surface area contributed by atoms with Crippen LogP contribution < -0.4 is 0 Å². The Hall–Kier alpha value is -2.92. The molecular formula is C19H15N2+. The van der Waals surface area contributed by atoms with E-state index in [0.717, 1.165) is 16.7 Å². The zero-order valence-corrected chi connectivity index (χ0v) is 11.6. The van der Waals surface area contributed by atoms with Gasteiger partial charge in [-0.05, 0) is 36.4 Å². The Balaban J connectivity index is 2.32. The molecule has 0 aliphatic heterocycles. The maximum Gasteiger partial charge on any atom is 0.397 e. The summed E-state index contributed by atoms with van der Waals surface area (Å²) >= 11 is 0. The fourth-order valence-corrected chi connectivity index (χ4v) is 2.71. The minimum absolute atomic E-state index is 0.899. The summed E-state index contributed by atoms with van der Waals surface area (Å²) in [5.41, 5.74) is 1.91. The third-order valence-electron chi connectivity index (χ3n) is 3.72. The van der Waals surface area contributed by atoms with Gasteiger partial charge in [-0.2, -0.15) is 0 Å². The van der Waals surface area contributed by atoms with Gasteiger partial charge in [0.15, 0.2) is 0 Å². The Labute approximate surface area is 124 Å². The summed E-state index contributed by atoms with van der Waals surface area (Å²) in [6.45, 7) is 0. The molecule has 0 radical (unpaired) electrons. The topological polar surface area (TPSA) is 28.1 Å². The summed E-state index contributed by atoms with van der Waals surface area (Å²) in [7, 11) is 0. The van der Waals surface area contributed by atoms with E-state index in [2.05, 4.69) is 4.98 Å². The first kappa shape index (κ1) is 13.1. The molecule has 3 rings (SSSR count). The summed E-state index contributed by atoms with van der Waals surface area (Å²) in [4.78, 5) is 3.83. The minimum atomic E-state index is -0.899. The highest BCUT2D eigenvalue weighted by molar-refractivity contribution is 5.52. The molecule has 0 bridgehead atoms. The van der Waals surface area contributed by atoms with E-state index in [9.17, 15) is 5.39 Å². The molecule has 2 nitrogen and oxygen atoms in total. The lowest BCUT2D eigenvalue weighted by molar-refractivity contribution is 0.754. The molecule has 0 heterocycles. The van der Waals surface area contributed by atoms with Crippen molar-refractivity contribution in [1.29, 1.82) is 5.39 Å². The fourth-order valence-electron chi connectivity index (χ4n) is 2.71. The second-order valence-corrected chi connectivity index (χ2v) is 4.91. The molecule has 100 valence electrons. The smallest absolute Gasteiger partial charge is 0.0622 e. The molecule has 21 heavy (non-hydrogen) atoms. The van der Waals surface area contributed by atoms with Crippen LogP contribution in [0.3, 0.4) is 0 Å². The van der Waals surface area contributed by atoms with Crippen LogP contribution in [0.1, 0.15) is 16.7 Å². The second kappa shape index (κ2) is 5.60. The molecule has 0 saturated carbocycles. The van der Waals surface area contributed by atoms with Crippen molar-refractivity contribution in [3.8, 4) is 0 Å². The van der Waals surface area contributed by atoms with Crippen molar-refractivity contribution in [2.24, 2.45) is 0 Å². The van der Waals surface area contributed by atoms with Crippen molar-refractivity contribution in [2.75, 3.05) is 0 Å². The van der Waals surface area contributed by atoms with E-state index in [1.165, 1.54) is 0 Å². The van der Waals surface area contributed by atoms with E-state index in [1.807, 2.05) is 91.0 Å². The molecule has 3 aromatic rings. The molecule has 3 aromatic carbocycles. The number of rotatable bonds is 3. The average molecular weight is 271 g/mol. The van der Waals surface area contributed by atoms with E-state index >= 15 is 0 Å². The first-order valence-corrected chi connectivity index (χ1v) is 6.91.